The lowest BCUT2D eigenvalue weighted by Gasteiger charge is -2.12. The number of amides is 1. The Balaban J connectivity index is 1.64. The fourth-order valence-electron chi connectivity index (χ4n) is 2.50. The molecule has 0 radical (unpaired) electrons. The van der Waals surface area contributed by atoms with Gasteiger partial charge in [0.25, 0.3) is 0 Å². The topological polar surface area (TPSA) is 86.5 Å². The second-order valence-corrected chi connectivity index (χ2v) is 6.13. The van der Waals surface area contributed by atoms with Gasteiger partial charge in [0.1, 0.15) is 17.3 Å². The molecule has 0 saturated carbocycles. The number of hydrogen-bond donors (Lipinski definition) is 1. The van der Waals surface area contributed by atoms with Crippen molar-refractivity contribution in [2.75, 3.05) is 19.5 Å². The molecular formula is C19H17ClFN3O4. The molecule has 0 aliphatic heterocycles. The number of carbonyl (C=O) groups excluding carboxylic acids is 1. The molecule has 0 bridgehead atoms. The van der Waals surface area contributed by atoms with Crippen LogP contribution in [0, 0.1) is 5.82 Å². The normalized spacial score (nSPS) is 10.6. The monoisotopic (exact) mass is 405 g/mol. The molecule has 1 N–H and O–H groups in total. The SMILES string of the molecule is COc1cc(OC)c(NC(=O)CCc2nc(-c3ccccc3F)no2)cc1Cl. The molecule has 0 saturated heterocycles. The largest absolute Gasteiger partial charge is 0.495 e. The van der Waals surface area contributed by atoms with Gasteiger partial charge in [-0.05, 0) is 18.2 Å². The summed E-state index contributed by atoms with van der Waals surface area (Å²) in [6, 6.07) is 9.23. The Morgan fingerprint density at radius 1 is 1.21 bits per heavy atom. The van der Waals surface area contributed by atoms with E-state index in [1.165, 1.54) is 20.3 Å². The second-order valence-electron chi connectivity index (χ2n) is 5.73. The van der Waals surface area contributed by atoms with Gasteiger partial charge in [-0.25, -0.2) is 4.39 Å². The van der Waals surface area contributed by atoms with Crippen LogP contribution >= 0.6 is 11.6 Å². The van der Waals surface area contributed by atoms with Crippen molar-refractivity contribution < 1.29 is 23.2 Å². The van der Waals surface area contributed by atoms with Gasteiger partial charge in [-0.2, -0.15) is 4.98 Å². The smallest absolute Gasteiger partial charge is 0.227 e. The van der Waals surface area contributed by atoms with Gasteiger partial charge in [0.15, 0.2) is 0 Å². The number of aryl methyl sites for hydroxylation is 1. The first-order chi connectivity index (χ1) is 13.5. The van der Waals surface area contributed by atoms with Crippen molar-refractivity contribution in [2.24, 2.45) is 0 Å². The first-order valence-electron chi connectivity index (χ1n) is 8.30. The van der Waals surface area contributed by atoms with E-state index in [2.05, 4.69) is 15.5 Å². The van der Waals surface area contributed by atoms with E-state index in [1.807, 2.05) is 0 Å². The van der Waals surface area contributed by atoms with Crippen molar-refractivity contribution in [2.45, 2.75) is 12.8 Å². The molecule has 0 unspecified atom stereocenters. The molecule has 1 aromatic heterocycles. The van der Waals surface area contributed by atoms with Crippen LogP contribution in [0.2, 0.25) is 5.02 Å². The minimum atomic E-state index is -0.448. The van der Waals surface area contributed by atoms with Gasteiger partial charge < -0.3 is 19.3 Å². The molecule has 0 atom stereocenters. The lowest BCUT2D eigenvalue weighted by atomic mass is 10.2. The molecule has 0 fully saturated rings. The molecule has 7 nitrogen and oxygen atoms in total. The zero-order valence-electron chi connectivity index (χ0n) is 15.2. The zero-order valence-corrected chi connectivity index (χ0v) is 15.9. The molecule has 3 rings (SSSR count). The number of rotatable bonds is 7. The Morgan fingerprint density at radius 3 is 2.68 bits per heavy atom. The molecule has 0 aliphatic carbocycles. The number of nitrogens with zero attached hydrogens (tertiary/aromatic N) is 2. The zero-order chi connectivity index (χ0) is 20.1. The van der Waals surface area contributed by atoms with Crippen molar-refractivity contribution in [3.8, 4) is 22.9 Å². The Labute approximate surface area is 165 Å². The molecule has 0 spiro atoms. The highest BCUT2D eigenvalue weighted by Crippen LogP contribution is 2.36. The van der Waals surface area contributed by atoms with E-state index >= 15 is 0 Å². The Kier molecular flexibility index (Phi) is 6.10. The van der Waals surface area contributed by atoms with Crippen molar-refractivity contribution in [3.63, 3.8) is 0 Å². The van der Waals surface area contributed by atoms with E-state index in [0.29, 0.717) is 22.2 Å². The van der Waals surface area contributed by atoms with Crippen molar-refractivity contribution in [1.29, 1.82) is 0 Å². The van der Waals surface area contributed by atoms with Gasteiger partial charge in [0.2, 0.25) is 17.6 Å². The van der Waals surface area contributed by atoms with Gasteiger partial charge in [-0.3, -0.25) is 4.79 Å². The highest BCUT2D eigenvalue weighted by atomic mass is 35.5. The molecule has 9 heteroatoms. The third-order valence-electron chi connectivity index (χ3n) is 3.90. The standard InChI is InChI=1S/C19H17ClFN3O4/c1-26-15-10-16(27-2)14(9-12(15)20)22-17(25)7-8-18-23-19(24-28-18)11-5-3-4-6-13(11)21/h3-6,9-10H,7-8H2,1-2H3,(H,22,25). The predicted octanol–water partition coefficient (Wildman–Crippen LogP) is 4.12. The van der Waals surface area contributed by atoms with Crippen LogP contribution in [0.25, 0.3) is 11.4 Å². The Morgan fingerprint density at radius 2 is 1.96 bits per heavy atom. The molecule has 28 heavy (non-hydrogen) atoms. The van der Waals surface area contributed by atoms with Crippen molar-refractivity contribution >= 4 is 23.2 Å². The maximum absolute atomic E-state index is 13.8. The van der Waals surface area contributed by atoms with Gasteiger partial charge in [-0.1, -0.05) is 28.9 Å². The number of ether oxygens (including phenoxy) is 2. The summed E-state index contributed by atoms with van der Waals surface area (Å²) in [6.45, 7) is 0. The number of benzene rings is 2. The molecule has 3 aromatic rings. The molecule has 0 aliphatic rings. The summed E-state index contributed by atoms with van der Waals surface area (Å²) in [4.78, 5) is 16.4. The summed E-state index contributed by atoms with van der Waals surface area (Å²) in [7, 11) is 2.96. The number of carbonyl (C=O) groups is 1. The maximum atomic E-state index is 13.8. The first-order valence-corrected chi connectivity index (χ1v) is 8.68. The van der Waals surface area contributed by atoms with Crippen molar-refractivity contribution in [3.05, 3.63) is 53.1 Å². The summed E-state index contributed by atoms with van der Waals surface area (Å²) >= 11 is 6.09. The minimum Gasteiger partial charge on any atom is -0.495 e. The summed E-state index contributed by atoms with van der Waals surface area (Å²) in [5.74, 6) is 0.462. The summed E-state index contributed by atoms with van der Waals surface area (Å²) in [5, 5.41) is 6.81. The van der Waals surface area contributed by atoms with Gasteiger partial charge in [0, 0.05) is 18.9 Å². The quantitative estimate of drug-likeness (QED) is 0.636. The number of nitrogens with one attached hydrogen (secondary N) is 1. The molecule has 1 amide bonds. The number of hydrogen-bond acceptors (Lipinski definition) is 6. The predicted molar refractivity (Wildman–Crippen MR) is 101 cm³/mol. The molecular weight excluding hydrogens is 389 g/mol. The van der Waals surface area contributed by atoms with Crippen LogP contribution in [0.1, 0.15) is 12.3 Å². The summed E-state index contributed by atoms with van der Waals surface area (Å²) in [6.07, 6.45) is 0.269. The lowest BCUT2D eigenvalue weighted by Crippen LogP contribution is -2.13. The van der Waals surface area contributed by atoms with E-state index in [4.69, 9.17) is 25.6 Å². The van der Waals surface area contributed by atoms with Crippen LogP contribution in [0.15, 0.2) is 40.9 Å². The second kappa shape index (κ2) is 8.71. The number of aromatic nitrogens is 2. The number of anilines is 1. The van der Waals surface area contributed by atoms with Gasteiger partial charge in [-0.15, -0.1) is 0 Å². The fraction of sp³-hybridized carbons (Fsp3) is 0.211. The molecule has 1 heterocycles. The maximum Gasteiger partial charge on any atom is 0.227 e. The van der Waals surface area contributed by atoms with Crippen LogP contribution in [0.4, 0.5) is 10.1 Å². The summed E-state index contributed by atoms with van der Waals surface area (Å²) < 4.78 is 29.2. The molecule has 146 valence electrons. The lowest BCUT2D eigenvalue weighted by molar-refractivity contribution is -0.116. The van der Waals surface area contributed by atoms with Crippen LogP contribution < -0.4 is 14.8 Å². The Bertz CT molecular complexity index is 993. The highest BCUT2D eigenvalue weighted by Gasteiger charge is 2.15. The van der Waals surface area contributed by atoms with Crippen LogP contribution in [0.3, 0.4) is 0 Å². The van der Waals surface area contributed by atoms with Crippen LogP contribution in [-0.4, -0.2) is 30.3 Å². The van der Waals surface area contributed by atoms with E-state index in [0.717, 1.165) is 0 Å². The van der Waals surface area contributed by atoms with E-state index < -0.39 is 5.82 Å². The van der Waals surface area contributed by atoms with Crippen molar-refractivity contribution in [1.82, 2.24) is 10.1 Å². The average molecular weight is 406 g/mol. The minimum absolute atomic E-state index is 0.0751. The average Bonchev–Trinajstić information content (AvgIpc) is 3.16. The number of methoxy groups -OCH3 is 2. The Hall–Kier alpha value is -3.13. The number of halogens is 2. The fourth-order valence-corrected chi connectivity index (χ4v) is 2.74. The van der Waals surface area contributed by atoms with Gasteiger partial charge >= 0.3 is 0 Å². The van der Waals surface area contributed by atoms with E-state index in [-0.39, 0.29) is 36.0 Å². The van der Waals surface area contributed by atoms with E-state index in [9.17, 15) is 9.18 Å². The highest BCUT2D eigenvalue weighted by molar-refractivity contribution is 6.32. The van der Waals surface area contributed by atoms with E-state index in [1.54, 1.807) is 30.3 Å². The summed E-state index contributed by atoms with van der Waals surface area (Å²) in [5.41, 5.74) is 0.649. The van der Waals surface area contributed by atoms with Gasteiger partial charge in [0.05, 0.1) is 30.5 Å². The molecule has 2 aromatic carbocycles. The third kappa shape index (κ3) is 4.40. The van der Waals surface area contributed by atoms with Crippen LogP contribution in [-0.2, 0) is 11.2 Å². The third-order valence-corrected chi connectivity index (χ3v) is 4.19. The van der Waals surface area contributed by atoms with Crippen LogP contribution in [0.5, 0.6) is 11.5 Å². The first kappa shape index (κ1) is 19.6.